The maximum atomic E-state index is 9.60. The molecule has 0 saturated carbocycles. The van der Waals surface area contributed by atoms with Gasteiger partial charge in [0, 0.05) is 4.47 Å². The highest BCUT2D eigenvalue weighted by Gasteiger charge is 2.07. The van der Waals surface area contributed by atoms with Crippen molar-refractivity contribution in [1.29, 1.82) is 0 Å². The Kier molecular flexibility index (Phi) is 5.65. The van der Waals surface area contributed by atoms with Gasteiger partial charge in [-0.05, 0) is 55.3 Å². The molecule has 21 heavy (non-hydrogen) atoms. The number of rotatable bonds is 6. The molecule has 0 amide bonds. The van der Waals surface area contributed by atoms with E-state index in [1.165, 1.54) is 0 Å². The van der Waals surface area contributed by atoms with Crippen LogP contribution >= 0.6 is 15.9 Å². The first-order valence-electron chi connectivity index (χ1n) is 6.98. The molecule has 0 fully saturated rings. The molecular weight excluding hydrogens is 332 g/mol. The molecule has 0 aliphatic rings. The molecule has 0 saturated heterocycles. The molecule has 0 aromatic heterocycles. The number of aliphatic hydroxyl groups excluding tert-OH is 1. The van der Waals surface area contributed by atoms with Gasteiger partial charge in [0.1, 0.15) is 17.2 Å². The fraction of sp³-hybridized carbons (Fsp3) is 0.294. The van der Waals surface area contributed by atoms with Crippen molar-refractivity contribution in [3.63, 3.8) is 0 Å². The van der Waals surface area contributed by atoms with Crippen LogP contribution in [0.15, 0.2) is 46.9 Å². The zero-order chi connectivity index (χ0) is 15.2. The average molecular weight is 351 g/mol. The summed E-state index contributed by atoms with van der Waals surface area (Å²) in [6.45, 7) is 4.52. The summed E-state index contributed by atoms with van der Waals surface area (Å²) >= 11 is 3.44. The zero-order valence-corrected chi connectivity index (χ0v) is 13.8. The van der Waals surface area contributed by atoms with Crippen LogP contribution in [0, 0.1) is 0 Å². The Bertz CT molecular complexity index is 579. The van der Waals surface area contributed by atoms with Crippen LogP contribution < -0.4 is 9.47 Å². The SMILES string of the molecule is CCCOc1ccc(Oc2ccc(C(C)O)c(Br)c2)cc1. The predicted octanol–water partition coefficient (Wildman–Crippen LogP) is 5.08. The lowest BCUT2D eigenvalue weighted by atomic mass is 10.1. The summed E-state index contributed by atoms with van der Waals surface area (Å²) in [7, 11) is 0. The summed E-state index contributed by atoms with van der Waals surface area (Å²) in [5, 5.41) is 9.60. The summed E-state index contributed by atoms with van der Waals surface area (Å²) in [5.74, 6) is 2.30. The van der Waals surface area contributed by atoms with E-state index in [4.69, 9.17) is 9.47 Å². The van der Waals surface area contributed by atoms with Crippen molar-refractivity contribution < 1.29 is 14.6 Å². The third kappa shape index (κ3) is 4.48. The molecule has 0 aliphatic carbocycles. The van der Waals surface area contributed by atoms with Crippen LogP contribution in [-0.4, -0.2) is 11.7 Å². The van der Waals surface area contributed by atoms with E-state index in [2.05, 4.69) is 22.9 Å². The Labute approximate surface area is 133 Å². The van der Waals surface area contributed by atoms with Crippen molar-refractivity contribution >= 4 is 15.9 Å². The topological polar surface area (TPSA) is 38.7 Å². The minimum absolute atomic E-state index is 0.511. The third-order valence-corrected chi connectivity index (χ3v) is 3.64. The summed E-state index contributed by atoms with van der Waals surface area (Å²) in [4.78, 5) is 0. The van der Waals surface area contributed by atoms with E-state index in [1.807, 2.05) is 42.5 Å². The normalized spacial score (nSPS) is 12.0. The van der Waals surface area contributed by atoms with Crippen molar-refractivity contribution in [3.05, 3.63) is 52.5 Å². The van der Waals surface area contributed by atoms with Crippen LogP contribution in [0.1, 0.15) is 31.9 Å². The zero-order valence-electron chi connectivity index (χ0n) is 12.2. The van der Waals surface area contributed by atoms with Gasteiger partial charge in [-0.3, -0.25) is 0 Å². The Balaban J connectivity index is 2.06. The van der Waals surface area contributed by atoms with Gasteiger partial charge in [0.15, 0.2) is 0 Å². The second kappa shape index (κ2) is 7.48. The molecule has 2 rings (SSSR count). The lowest BCUT2D eigenvalue weighted by Gasteiger charge is -2.11. The molecule has 1 unspecified atom stereocenters. The van der Waals surface area contributed by atoms with E-state index in [0.717, 1.165) is 28.0 Å². The Morgan fingerprint density at radius 3 is 2.24 bits per heavy atom. The van der Waals surface area contributed by atoms with E-state index in [-0.39, 0.29) is 0 Å². The number of hydrogen-bond donors (Lipinski definition) is 1. The molecule has 1 atom stereocenters. The van der Waals surface area contributed by atoms with Crippen LogP contribution in [-0.2, 0) is 0 Å². The molecular formula is C17H19BrO3. The summed E-state index contributed by atoms with van der Waals surface area (Å²) in [6, 6.07) is 13.1. The minimum atomic E-state index is -0.511. The maximum absolute atomic E-state index is 9.60. The molecule has 0 heterocycles. The van der Waals surface area contributed by atoms with E-state index >= 15 is 0 Å². The van der Waals surface area contributed by atoms with E-state index in [0.29, 0.717) is 12.4 Å². The third-order valence-electron chi connectivity index (χ3n) is 2.95. The molecule has 2 aromatic carbocycles. The molecule has 0 spiro atoms. The lowest BCUT2D eigenvalue weighted by Crippen LogP contribution is -1.95. The van der Waals surface area contributed by atoms with Crippen molar-refractivity contribution in [1.82, 2.24) is 0 Å². The Morgan fingerprint density at radius 2 is 1.67 bits per heavy atom. The van der Waals surface area contributed by atoms with Gasteiger partial charge < -0.3 is 14.6 Å². The van der Waals surface area contributed by atoms with Crippen molar-refractivity contribution in [2.24, 2.45) is 0 Å². The van der Waals surface area contributed by atoms with Crippen LogP contribution in [0.25, 0.3) is 0 Å². The van der Waals surface area contributed by atoms with Gasteiger partial charge >= 0.3 is 0 Å². The van der Waals surface area contributed by atoms with Gasteiger partial charge in [-0.25, -0.2) is 0 Å². The van der Waals surface area contributed by atoms with Crippen molar-refractivity contribution in [3.8, 4) is 17.2 Å². The van der Waals surface area contributed by atoms with Crippen LogP contribution in [0.5, 0.6) is 17.2 Å². The van der Waals surface area contributed by atoms with E-state index in [9.17, 15) is 5.11 Å². The first-order chi connectivity index (χ1) is 10.1. The second-order valence-corrected chi connectivity index (χ2v) is 5.64. The summed E-state index contributed by atoms with van der Waals surface area (Å²) < 4.78 is 12.1. The number of ether oxygens (including phenoxy) is 2. The van der Waals surface area contributed by atoms with Crippen molar-refractivity contribution in [2.75, 3.05) is 6.61 Å². The predicted molar refractivity (Wildman–Crippen MR) is 87.1 cm³/mol. The number of halogens is 1. The monoisotopic (exact) mass is 350 g/mol. The first-order valence-corrected chi connectivity index (χ1v) is 7.77. The van der Waals surface area contributed by atoms with E-state index in [1.54, 1.807) is 6.92 Å². The quantitative estimate of drug-likeness (QED) is 0.788. The molecule has 0 aliphatic heterocycles. The summed E-state index contributed by atoms with van der Waals surface area (Å²) in [5.41, 5.74) is 0.839. The largest absolute Gasteiger partial charge is 0.494 e. The molecule has 4 heteroatoms. The van der Waals surface area contributed by atoms with Gasteiger partial charge in [-0.15, -0.1) is 0 Å². The van der Waals surface area contributed by atoms with Gasteiger partial charge in [0.25, 0.3) is 0 Å². The number of aliphatic hydroxyl groups is 1. The highest BCUT2D eigenvalue weighted by atomic mass is 79.9. The molecule has 112 valence electrons. The minimum Gasteiger partial charge on any atom is -0.494 e. The molecule has 0 radical (unpaired) electrons. The fourth-order valence-corrected chi connectivity index (χ4v) is 2.56. The fourth-order valence-electron chi connectivity index (χ4n) is 1.87. The maximum Gasteiger partial charge on any atom is 0.128 e. The van der Waals surface area contributed by atoms with Gasteiger partial charge in [0.2, 0.25) is 0 Å². The standard InChI is InChI=1S/C17H19BrO3/c1-3-10-20-13-4-6-14(7-5-13)21-15-8-9-16(12(2)19)17(18)11-15/h4-9,11-12,19H,3,10H2,1-2H3. The van der Waals surface area contributed by atoms with Crippen molar-refractivity contribution in [2.45, 2.75) is 26.4 Å². The molecule has 1 N–H and O–H groups in total. The van der Waals surface area contributed by atoms with Crippen LogP contribution in [0.4, 0.5) is 0 Å². The van der Waals surface area contributed by atoms with Gasteiger partial charge in [0.05, 0.1) is 12.7 Å². The molecule has 3 nitrogen and oxygen atoms in total. The van der Waals surface area contributed by atoms with Crippen LogP contribution in [0.2, 0.25) is 0 Å². The highest BCUT2D eigenvalue weighted by molar-refractivity contribution is 9.10. The second-order valence-electron chi connectivity index (χ2n) is 4.78. The smallest absolute Gasteiger partial charge is 0.128 e. The Morgan fingerprint density at radius 1 is 1.05 bits per heavy atom. The average Bonchev–Trinajstić information content (AvgIpc) is 2.46. The lowest BCUT2D eigenvalue weighted by molar-refractivity contribution is 0.198. The molecule has 2 aromatic rings. The van der Waals surface area contributed by atoms with E-state index < -0.39 is 6.10 Å². The summed E-state index contributed by atoms with van der Waals surface area (Å²) in [6.07, 6.45) is 0.477. The first kappa shape index (κ1) is 15.9. The number of hydrogen-bond acceptors (Lipinski definition) is 3. The number of benzene rings is 2. The highest BCUT2D eigenvalue weighted by Crippen LogP contribution is 2.30. The molecule has 0 bridgehead atoms. The van der Waals surface area contributed by atoms with Gasteiger partial charge in [-0.1, -0.05) is 28.9 Å². The van der Waals surface area contributed by atoms with Gasteiger partial charge in [-0.2, -0.15) is 0 Å². The Hall–Kier alpha value is -1.52. The van der Waals surface area contributed by atoms with Crippen LogP contribution in [0.3, 0.4) is 0 Å².